The fourth-order valence-corrected chi connectivity index (χ4v) is 5.47. The van der Waals surface area contributed by atoms with Crippen molar-refractivity contribution in [1.29, 1.82) is 0 Å². The van der Waals surface area contributed by atoms with E-state index in [0.717, 1.165) is 39.5 Å². The van der Waals surface area contributed by atoms with Gasteiger partial charge in [-0.25, -0.2) is 9.97 Å². The molecule has 2 amide bonds. The summed E-state index contributed by atoms with van der Waals surface area (Å²) in [5.41, 5.74) is 5.99. The largest absolute Gasteiger partial charge is 0.345 e. The van der Waals surface area contributed by atoms with Crippen molar-refractivity contribution in [3.63, 3.8) is 0 Å². The zero-order valence-corrected chi connectivity index (χ0v) is 28.7. The molecule has 5 aromatic rings. The molecule has 0 saturated carbocycles. The molecule has 5 rings (SSSR count). The van der Waals surface area contributed by atoms with Crippen LogP contribution in [0.3, 0.4) is 0 Å². The standard InChI is InChI=1S/C38H43ClN6O2/c1-22(2)32(44-36(46)28-9-8-10-29(39)19-28)34-40-20-30(42-34)26-15-11-24(12-16-26)25-13-17-27(18-14-25)31-21-41-35(43-31)33(23(3)4)45-37(47)38(5,6)7/h8-23,32-33H,1-7H3,(H,40,42)(H,41,43)(H,44,46)(H,45,47)/t32-,33-/m0/s1. The number of hydrogen-bond acceptors (Lipinski definition) is 4. The number of nitrogens with one attached hydrogen (secondary N) is 4. The number of carbonyl (C=O) groups is 2. The summed E-state index contributed by atoms with van der Waals surface area (Å²) >= 11 is 6.09. The second-order valence-electron chi connectivity index (χ2n) is 13.7. The Morgan fingerprint density at radius 1 is 0.681 bits per heavy atom. The number of amides is 2. The van der Waals surface area contributed by atoms with Crippen LogP contribution in [0.4, 0.5) is 0 Å². The Kier molecular flexibility index (Phi) is 10.0. The van der Waals surface area contributed by atoms with Gasteiger partial charge in [0, 0.05) is 16.0 Å². The van der Waals surface area contributed by atoms with Gasteiger partial charge in [-0.05, 0) is 52.3 Å². The third-order valence-corrected chi connectivity index (χ3v) is 8.41. The van der Waals surface area contributed by atoms with E-state index in [-0.39, 0.29) is 35.7 Å². The molecule has 0 aliphatic heterocycles. The molecular formula is C38H43ClN6O2. The molecule has 2 aromatic heterocycles. The maximum atomic E-state index is 12.9. The Hall–Kier alpha value is -4.69. The van der Waals surface area contributed by atoms with Crippen LogP contribution >= 0.6 is 11.6 Å². The Balaban J connectivity index is 1.27. The van der Waals surface area contributed by atoms with Crippen LogP contribution in [0.2, 0.25) is 5.02 Å². The lowest BCUT2D eigenvalue weighted by Gasteiger charge is -2.25. The van der Waals surface area contributed by atoms with E-state index in [1.807, 2.05) is 40.8 Å². The molecule has 0 fully saturated rings. The molecule has 9 heteroatoms. The molecule has 244 valence electrons. The summed E-state index contributed by atoms with van der Waals surface area (Å²) in [4.78, 5) is 41.7. The Labute approximate surface area is 281 Å². The van der Waals surface area contributed by atoms with Gasteiger partial charge in [-0.1, -0.05) is 115 Å². The zero-order chi connectivity index (χ0) is 33.9. The summed E-state index contributed by atoms with van der Waals surface area (Å²) in [7, 11) is 0. The highest BCUT2D eigenvalue weighted by Crippen LogP contribution is 2.30. The number of H-pyrrole nitrogens is 2. The number of rotatable bonds is 10. The van der Waals surface area contributed by atoms with E-state index in [1.54, 1.807) is 30.5 Å². The number of imidazole rings is 2. The first-order chi connectivity index (χ1) is 22.3. The number of halogens is 1. The van der Waals surface area contributed by atoms with Crippen molar-refractivity contribution in [3.05, 3.63) is 107 Å². The third-order valence-electron chi connectivity index (χ3n) is 8.18. The van der Waals surface area contributed by atoms with Crippen molar-refractivity contribution >= 4 is 23.4 Å². The number of benzene rings is 3. The molecule has 2 atom stereocenters. The highest BCUT2D eigenvalue weighted by atomic mass is 35.5. The van der Waals surface area contributed by atoms with E-state index >= 15 is 0 Å². The maximum Gasteiger partial charge on any atom is 0.251 e. The number of carbonyl (C=O) groups excluding carboxylic acids is 2. The molecule has 0 aliphatic rings. The van der Waals surface area contributed by atoms with Crippen LogP contribution in [0.5, 0.6) is 0 Å². The average Bonchev–Trinajstić information content (AvgIpc) is 3.72. The van der Waals surface area contributed by atoms with Gasteiger partial charge in [-0.2, -0.15) is 0 Å². The molecule has 0 bridgehead atoms. The predicted octanol–water partition coefficient (Wildman–Crippen LogP) is 8.77. The van der Waals surface area contributed by atoms with E-state index in [9.17, 15) is 9.59 Å². The minimum atomic E-state index is -0.480. The zero-order valence-electron chi connectivity index (χ0n) is 28.0. The van der Waals surface area contributed by atoms with E-state index in [4.69, 9.17) is 11.6 Å². The molecule has 0 radical (unpaired) electrons. The van der Waals surface area contributed by atoms with Gasteiger partial charge in [0.05, 0.1) is 35.9 Å². The summed E-state index contributed by atoms with van der Waals surface area (Å²) in [6.45, 7) is 14.0. The molecular weight excluding hydrogens is 608 g/mol. The highest BCUT2D eigenvalue weighted by Gasteiger charge is 2.28. The van der Waals surface area contributed by atoms with Crippen LogP contribution in [0.25, 0.3) is 33.6 Å². The average molecular weight is 651 g/mol. The van der Waals surface area contributed by atoms with Gasteiger partial charge in [0.2, 0.25) is 5.91 Å². The lowest BCUT2D eigenvalue weighted by molar-refractivity contribution is -0.129. The molecule has 47 heavy (non-hydrogen) atoms. The summed E-state index contributed by atoms with van der Waals surface area (Å²) in [5, 5.41) is 6.77. The monoisotopic (exact) mass is 650 g/mol. The summed E-state index contributed by atoms with van der Waals surface area (Å²) in [6.07, 6.45) is 3.63. The number of nitrogens with zero attached hydrogens (tertiary/aromatic N) is 2. The quantitative estimate of drug-likeness (QED) is 0.121. The van der Waals surface area contributed by atoms with Gasteiger partial charge < -0.3 is 20.6 Å². The van der Waals surface area contributed by atoms with Crippen molar-refractivity contribution in [1.82, 2.24) is 30.6 Å². The molecule has 4 N–H and O–H groups in total. The van der Waals surface area contributed by atoms with Crippen LogP contribution < -0.4 is 10.6 Å². The Morgan fingerprint density at radius 3 is 1.55 bits per heavy atom. The van der Waals surface area contributed by atoms with Crippen molar-refractivity contribution in [2.24, 2.45) is 17.3 Å². The fourth-order valence-electron chi connectivity index (χ4n) is 5.28. The van der Waals surface area contributed by atoms with Crippen LogP contribution in [-0.2, 0) is 4.79 Å². The molecule has 0 unspecified atom stereocenters. The third kappa shape index (κ3) is 8.00. The van der Waals surface area contributed by atoms with Crippen LogP contribution in [0.1, 0.15) is 82.6 Å². The van der Waals surface area contributed by atoms with E-state index in [1.165, 1.54) is 0 Å². The summed E-state index contributed by atoms with van der Waals surface area (Å²) < 4.78 is 0. The van der Waals surface area contributed by atoms with Gasteiger partial charge in [0.25, 0.3) is 5.91 Å². The van der Waals surface area contributed by atoms with Crippen molar-refractivity contribution in [2.45, 2.75) is 60.5 Å². The first-order valence-electron chi connectivity index (χ1n) is 16.0. The minimum Gasteiger partial charge on any atom is -0.345 e. The SMILES string of the molecule is CC(C)[C@H](NC(=O)c1cccc(Cl)c1)c1ncc(-c2ccc(-c3ccc(-c4cnc([C@@H](NC(=O)C(C)(C)C)C(C)C)[nH]4)cc3)cc2)[nH]1. The van der Waals surface area contributed by atoms with Crippen molar-refractivity contribution < 1.29 is 9.59 Å². The summed E-state index contributed by atoms with van der Waals surface area (Å²) in [6, 6.07) is 23.0. The van der Waals surface area contributed by atoms with Gasteiger partial charge in [0.15, 0.2) is 0 Å². The predicted molar refractivity (Wildman–Crippen MR) is 189 cm³/mol. The van der Waals surface area contributed by atoms with E-state index in [2.05, 4.69) is 92.9 Å². The molecule has 0 saturated heterocycles. The highest BCUT2D eigenvalue weighted by molar-refractivity contribution is 6.31. The second kappa shape index (κ2) is 14.0. The first kappa shape index (κ1) is 33.7. The number of aromatic amines is 2. The summed E-state index contributed by atoms with van der Waals surface area (Å²) in [5.74, 6) is 1.53. The maximum absolute atomic E-state index is 12.9. The second-order valence-corrected chi connectivity index (χ2v) is 14.1. The van der Waals surface area contributed by atoms with Gasteiger partial charge in [-0.3, -0.25) is 9.59 Å². The van der Waals surface area contributed by atoms with Crippen LogP contribution in [0, 0.1) is 17.3 Å². The molecule has 8 nitrogen and oxygen atoms in total. The number of hydrogen-bond donors (Lipinski definition) is 4. The molecule has 0 aliphatic carbocycles. The van der Waals surface area contributed by atoms with Crippen molar-refractivity contribution in [3.8, 4) is 33.6 Å². The van der Waals surface area contributed by atoms with Crippen molar-refractivity contribution in [2.75, 3.05) is 0 Å². The number of aromatic nitrogens is 4. The smallest absolute Gasteiger partial charge is 0.251 e. The van der Waals surface area contributed by atoms with E-state index in [0.29, 0.717) is 16.4 Å². The fraction of sp³-hybridized carbons (Fsp3) is 0.316. The van der Waals surface area contributed by atoms with Gasteiger partial charge in [0.1, 0.15) is 11.6 Å². The first-order valence-corrected chi connectivity index (χ1v) is 16.4. The molecule has 3 aromatic carbocycles. The minimum absolute atomic E-state index is 0.00401. The Morgan fingerprint density at radius 2 is 1.13 bits per heavy atom. The normalized spacial score (nSPS) is 13.1. The van der Waals surface area contributed by atoms with Crippen LogP contribution in [0.15, 0.2) is 85.2 Å². The van der Waals surface area contributed by atoms with Crippen LogP contribution in [-0.4, -0.2) is 31.8 Å². The van der Waals surface area contributed by atoms with Gasteiger partial charge >= 0.3 is 0 Å². The Bertz CT molecular complexity index is 1830. The molecule has 2 heterocycles. The lowest BCUT2D eigenvalue weighted by Crippen LogP contribution is -2.39. The topological polar surface area (TPSA) is 116 Å². The van der Waals surface area contributed by atoms with E-state index < -0.39 is 5.41 Å². The lowest BCUT2D eigenvalue weighted by atomic mass is 9.94. The molecule has 0 spiro atoms. The van der Waals surface area contributed by atoms with Gasteiger partial charge in [-0.15, -0.1) is 0 Å².